The minimum Gasteiger partial charge on any atom is -0.493 e. The topological polar surface area (TPSA) is 39.4 Å². The van der Waals surface area contributed by atoms with E-state index in [1.165, 1.54) is 25.7 Å². The summed E-state index contributed by atoms with van der Waals surface area (Å²) in [5, 5.41) is 5.53. The van der Waals surface area contributed by atoms with Crippen molar-refractivity contribution >= 4 is 23.6 Å². The van der Waals surface area contributed by atoms with Crippen LogP contribution in [0.3, 0.4) is 0 Å². The SMILES string of the molecule is CCCCCCCOc1ccccc1/C=N/c1cc(-c2ccc(Cl)cc2)nn1-c1ccccc1. The van der Waals surface area contributed by atoms with Crippen LogP contribution in [0, 0.1) is 0 Å². The van der Waals surface area contributed by atoms with Gasteiger partial charge in [-0.25, -0.2) is 9.67 Å². The number of hydrogen-bond acceptors (Lipinski definition) is 3. The van der Waals surface area contributed by atoms with Gasteiger partial charge in [0.1, 0.15) is 5.75 Å². The molecule has 0 aliphatic carbocycles. The van der Waals surface area contributed by atoms with E-state index in [4.69, 9.17) is 26.4 Å². The van der Waals surface area contributed by atoms with E-state index in [1.54, 1.807) is 0 Å². The number of nitrogens with zero attached hydrogens (tertiary/aromatic N) is 3. The highest BCUT2D eigenvalue weighted by Crippen LogP contribution is 2.28. The maximum Gasteiger partial charge on any atom is 0.156 e. The number of ether oxygens (including phenoxy) is 1. The average molecular weight is 472 g/mol. The third-order valence-electron chi connectivity index (χ3n) is 5.59. The van der Waals surface area contributed by atoms with Crippen LogP contribution in [0.25, 0.3) is 16.9 Å². The second-order valence-electron chi connectivity index (χ2n) is 8.20. The highest BCUT2D eigenvalue weighted by atomic mass is 35.5. The van der Waals surface area contributed by atoms with Crippen molar-refractivity contribution in [3.63, 3.8) is 0 Å². The fourth-order valence-electron chi connectivity index (χ4n) is 3.73. The van der Waals surface area contributed by atoms with Gasteiger partial charge < -0.3 is 4.74 Å². The largest absolute Gasteiger partial charge is 0.493 e. The number of aliphatic imine (C=N–C) groups is 1. The summed E-state index contributed by atoms with van der Waals surface area (Å²) in [6.45, 7) is 2.95. The van der Waals surface area contributed by atoms with Gasteiger partial charge in [-0.2, -0.15) is 5.10 Å². The molecule has 0 N–H and O–H groups in total. The summed E-state index contributed by atoms with van der Waals surface area (Å²) in [6.07, 6.45) is 7.93. The van der Waals surface area contributed by atoms with Crippen molar-refractivity contribution in [3.8, 4) is 22.7 Å². The summed E-state index contributed by atoms with van der Waals surface area (Å²) in [5.74, 6) is 1.59. The standard InChI is InChI=1S/C29H30ClN3O/c1-2-3-4-5-11-20-34-28-15-10-9-12-24(28)22-31-29-21-27(23-16-18-25(30)19-17-23)32-33(29)26-13-7-6-8-14-26/h6-10,12-19,21-22H,2-5,11,20H2,1H3/b31-22+. The fraction of sp³-hybridized carbons (Fsp3) is 0.241. The minimum absolute atomic E-state index is 0.700. The molecule has 1 heterocycles. The van der Waals surface area contributed by atoms with E-state index in [-0.39, 0.29) is 0 Å². The molecule has 4 rings (SSSR count). The molecule has 0 atom stereocenters. The summed E-state index contributed by atoms with van der Waals surface area (Å²) in [5.41, 5.74) is 3.73. The average Bonchev–Trinajstić information content (AvgIpc) is 3.30. The van der Waals surface area contributed by atoms with Crippen LogP contribution in [0.1, 0.15) is 44.6 Å². The maximum atomic E-state index is 6.08. The van der Waals surface area contributed by atoms with Crippen LogP contribution in [-0.4, -0.2) is 22.6 Å². The summed E-state index contributed by atoms with van der Waals surface area (Å²) < 4.78 is 7.94. The molecule has 0 aliphatic heterocycles. The van der Waals surface area contributed by atoms with Gasteiger partial charge in [-0.15, -0.1) is 0 Å². The fourth-order valence-corrected chi connectivity index (χ4v) is 3.85. The smallest absolute Gasteiger partial charge is 0.156 e. The second kappa shape index (κ2) is 12.2. The van der Waals surface area contributed by atoms with Crippen molar-refractivity contribution < 1.29 is 4.74 Å². The van der Waals surface area contributed by atoms with Gasteiger partial charge in [0, 0.05) is 28.4 Å². The van der Waals surface area contributed by atoms with Gasteiger partial charge in [-0.3, -0.25) is 0 Å². The Morgan fingerprint density at radius 2 is 1.62 bits per heavy atom. The molecule has 3 aromatic carbocycles. The van der Waals surface area contributed by atoms with Crippen molar-refractivity contribution in [2.45, 2.75) is 39.0 Å². The zero-order valence-corrected chi connectivity index (χ0v) is 20.3. The van der Waals surface area contributed by atoms with Crippen LogP contribution in [0.5, 0.6) is 5.75 Å². The summed E-state index contributed by atoms with van der Waals surface area (Å²) in [6, 6.07) is 27.7. The van der Waals surface area contributed by atoms with E-state index in [9.17, 15) is 0 Å². The Balaban J connectivity index is 1.57. The molecule has 0 radical (unpaired) electrons. The van der Waals surface area contributed by atoms with Crippen LogP contribution in [-0.2, 0) is 0 Å². The quantitative estimate of drug-likeness (QED) is 0.163. The lowest BCUT2D eigenvalue weighted by molar-refractivity contribution is 0.304. The number of halogens is 1. The van der Waals surface area contributed by atoms with Crippen LogP contribution >= 0.6 is 11.6 Å². The molecule has 0 saturated heterocycles. The number of benzene rings is 3. The van der Waals surface area contributed by atoms with Crippen molar-refractivity contribution in [1.82, 2.24) is 9.78 Å². The molecule has 0 bridgehead atoms. The predicted octanol–water partition coefficient (Wildman–Crippen LogP) is 8.29. The second-order valence-corrected chi connectivity index (χ2v) is 8.64. The number of aromatic nitrogens is 2. The molecule has 0 aliphatic rings. The van der Waals surface area contributed by atoms with Crippen molar-refractivity contribution in [2.24, 2.45) is 4.99 Å². The van der Waals surface area contributed by atoms with E-state index >= 15 is 0 Å². The van der Waals surface area contributed by atoms with Gasteiger partial charge in [0.2, 0.25) is 0 Å². The van der Waals surface area contributed by atoms with Crippen molar-refractivity contribution in [2.75, 3.05) is 6.61 Å². The van der Waals surface area contributed by atoms with Crippen LogP contribution < -0.4 is 4.74 Å². The first-order valence-electron chi connectivity index (χ1n) is 11.9. The summed E-state index contributed by atoms with van der Waals surface area (Å²) in [4.78, 5) is 4.82. The van der Waals surface area contributed by atoms with Gasteiger partial charge in [0.25, 0.3) is 0 Å². The highest BCUT2D eigenvalue weighted by Gasteiger charge is 2.11. The van der Waals surface area contributed by atoms with Gasteiger partial charge >= 0.3 is 0 Å². The lowest BCUT2D eigenvalue weighted by atomic mass is 10.1. The molecule has 0 saturated carbocycles. The monoisotopic (exact) mass is 471 g/mol. The molecule has 0 unspecified atom stereocenters. The van der Waals surface area contributed by atoms with E-state index < -0.39 is 0 Å². The summed E-state index contributed by atoms with van der Waals surface area (Å²) in [7, 11) is 0. The number of para-hydroxylation sites is 2. The molecule has 5 heteroatoms. The number of unbranched alkanes of at least 4 members (excludes halogenated alkanes) is 4. The molecular weight excluding hydrogens is 442 g/mol. The van der Waals surface area contributed by atoms with Crippen molar-refractivity contribution in [3.05, 3.63) is 95.5 Å². The molecular formula is C29H30ClN3O. The first-order chi connectivity index (χ1) is 16.7. The summed E-state index contributed by atoms with van der Waals surface area (Å²) >= 11 is 6.07. The Bertz CT molecular complexity index is 1200. The highest BCUT2D eigenvalue weighted by molar-refractivity contribution is 6.30. The van der Waals surface area contributed by atoms with Gasteiger partial charge in [0.15, 0.2) is 5.82 Å². The zero-order valence-electron chi connectivity index (χ0n) is 19.5. The maximum absolute atomic E-state index is 6.08. The molecule has 4 aromatic rings. The predicted molar refractivity (Wildman–Crippen MR) is 142 cm³/mol. The van der Waals surface area contributed by atoms with Crippen molar-refractivity contribution in [1.29, 1.82) is 0 Å². The normalized spacial score (nSPS) is 11.2. The van der Waals surface area contributed by atoms with E-state index in [1.807, 2.05) is 95.8 Å². The first kappa shape index (κ1) is 23.8. The third-order valence-corrected chi connectivity index (χ3v) is 5.84. The van der Waals surface area contributed by atoms with Crippen LogP contribution in [0.15, 0.2) is 89.9 Å². The Labute approximate surface area is 206 Å². The van der Waals surface area contributed by atoms with Gasteiger partial charge in [0.05, 0.1) is 18.0 Å². The van der Waals surface area contributed by atoms with E-state index in [0.717, 1.165) is 47.1 Å². The Kier molecular flexibility index (Phi) is 8.53. The molecule has 4 nitrogen and oxygen atoms in total. The van der Waals surface area contributed by atoms with Crippen LogP contribution in [0.2, 0.25) is 5.02 Å². The number of rotatable bonds is 11. The van der Waals surface area contributed by atoms with E-state index in [2.05, 4.69) is 6.92 Å². The zero-order chi connectivity index (χ0) is 23.6. The van der Waals surface area contributed by atoms with Gasteiger partial charge in [-0.1, -0.05) is 86.7 Å². The minimum atomic E-state index is 0.700. The molecule has 0 amide bonds. The Morgan fingerprint density at radius 3 is 2.41 bits per heavy atom. The third kappa shape index (κ3) is 6.36. The lowest BCUT2D eigenvalue weighted by Gasteiger charge is -2.09. The van der Waals surface area contributed by atoms with E-state index in [0.29, 0.717) is 5.02 Å². The Hall–Kier alpha value is -3.37. The first-order valence-corrected chi connectivity index (χ1v) is 12.3. The molecule has 0 fully saturated rings. The lowest BCUT2D eigenvalue weighted by Crippen LogP contribution is -2.00. The molecule has 34 heavy (non-hydrogen) atoms. The molecule has 1 aromatic heterocycles. The number of hydrogen-bond donors (Lipinski definition) is 0. The Morgan fingerprint density at radius 1 is 0.882 bits per heavy atom. The molecule has 0 spiro atoms. The van der Waals surface area contributed by atoms with Gasteiger partial charge in [-0.05, 0) is 42.8 Å². The van der Waals surface area contributed by atoms with Crippen LogP contribution in [0.4, 0.5) is 5.82 Å². The molecule has 174 valence electrons.